The molecule has 2 heterocycles. The largest absolute Gasteiger partial charge is 0.393 e. The number of morpholine rings is 1. The fraction of sp³-hybridized carbons (Fsp3) is 0.500. The van der Waals surface area contributed by atoms with Crippen LogP contribution in [0.5, 0.6) is 0 Å². The molecular formula is C28H33F3N4O3. The number of hydrogen-bond acceptors (Lipinski definition) is 7. The van der Waals surface area contributed by atoms with Crippen LogP contribution in [0.3, 0.4) is 0 Å². The van der Waals surface area contributed by atoms with Gasteiger partial charge in [0.1, 0.15) is 17.5 Å². The molecule has 204 valence electrons. The van der Waals surface area contributed by atoms with E-state index in [4.69, 9.17) is 9.72 Å². The summed E-state index contributed by atoms with van der Waals surface area (Å²) in [5.74, 6) is -4.09. The van der Waals surface area contributed by atoms with Crippen LogP contribution in [0.4, 0.5) is 24.7 Å². The molecule has 3 N–H and O–H groups in total. The Kier molecular flexibility index (Phi) is 7.00. The standard InChI is InChI=1S/C28H33F3N4O3/c1-16(18-6-5-9-22(24(18)29)28(30,31)27(3,37)15-36)32-26-21-14-23(35-10-12-38-13-11-35)19-7-4-8-20(19)25(21)33-17(2)34-26/h5-6,9,14,16,36-37H,4,7-8,10-13,15H2,1-3H3,(H,32,33,34)/t16-,27?/m0/s1. The van der Waals surface area contributed by atoms with E-state index in [2.05, 4.69) is 21.3 Å². The molecule has 0 bridgehead atoms. The molecule has 1 fully saturated rings. The Balaban J connectivity index is 1.56. The number of anilines is 2. The topological polar surface area (TPSA) is 90.7 Å². The van der Waals surface area contributed by atoms with Crippen LogP contribution >= 0.6 is 0 Å². The number of benzene rings is 2. The van der Waals surface area contributed by atoms with Crippen LogP contribution in [0.25, 0.3) is 10.9 Å². The first-order valence-electron chi connectivity index (χ1n) is 13.0. The van der Waals surface area contributed by atoms with Crippen LogP contribution in [0, 0.1) is 12.7 Å². The van der Waals surface area contributed by atoms with Crippen LogP contribution in [0.1, 0.15) is 54.4 Å². The summed E-state index contributed by atoms with van der Waals surface area (Å²) < 4.78 is 51.0. The van der Waals surface area contributed by atoms with Gasteiger partial charge in [-0.1, -0.05) is 12.1 Å². The first kappa shape index (κ1) is 26.6. The summed E-state index contributed by atoms with van der Waals surface area (Å²) in [7, 11) is 0. The molecule has 2 atom stereocenters. The van der Waals surface area contributed by atoms with Crippen molar-refractivity contribution in [3.05, 3.63) is 58.2 Å². The minimum atomic E-state index is -4.01. The highest BCUT2D eigenvalue weighted by Gasteiger charge is 2.52. The van der Waals surface area contributed by atoms with Crippen molar-refractivity contribution >= 4 is 22.4 Å². The van der Waals surface area contributed by atoms with Crippen molar-refractivity contribution in [1.82, 2.24) is 9.97 Å². The van der Waals surface area contributed by atoms with Crippen LogP contribution in [-0.4, -0.2) is 58.7 Å². The van der Waals surface area contributed by atoms with E-state index in [1.54, 1.807) is 13.8 Å². The molecule has 2 aliphatic rings. The third-order valence-corrected chi connectivity index (χ3v) is 7.67. The fourth-order valence-electron chi connectivity index (χ4n) is 5.45. The lowest BCUT2D eigenvalue weighted by Gasteiger charge is -2.32. The summed E-state index contributed by atoms with van der Waals surface area (Å²) in [6.45, 7) is 5.91. The van der Waals surface area contributed by atoms with Crippen LogP contribution < -0.4 is 10.2 Å². The van der Waals surface area contributed by atoms with Crippen molar-refractivity contribution in [3.8, 4) is 0 Å². The molecule has 5 rings (SSSR count). The van der Waals surface area contributed by atoms with Gasteiger partial charge in [0.15, 0.2) is 5.60 Å². The number of aliphatic hydroxyl groups excluding tert-OH is 1. The quantitative estimate of drug-likeness (QED) is 0.417. The van der Waals surface area contributed by atoms with Gasteiger partial charge in [-0.15, -0.1) is 0 Å². The minimum Gasteiger partial charge on any atom is -0.393 e. The Morgan fingerprint density at radius 1 is 1.16 bits per heavy atom. The molecule has 0 amide bonds. The van der Waals surface area contributed by atoms with Gasteiger partial charge in [0.25, 0.3) is 0 Å². The van der Waals surface area contributed by atoms with Crippen LogP contribution in [0.2, 0.25) is 0 Å². The van der Waals surface area contributed by atoms with Gasteiger partial charge in [0.2, 0.25) is 0 Å². The number of nitrogens with one attached hydrogen (secondary N) is 1. The molecule has 1 saturated heterocycles. The summed E-state index contributed by atoms with van der Waals surface area (Å²) in [6.07, 6.45) is 2.92. The minimum absolute atomic E-state index is 0.00473. The molecule has 7 nitrogen and oxygen atoms in total. The SMILES string of the molecule is Cc1nc(N[C@@H](C)c2cccc(C(F)(F)C(C)(O)CO)c2F)c2cc(N3CCOCC3)c3c(c2n1)CCC3. The number of nitrogens with zero attached hydrogens (tertiary/aromatic N) is 3. The zero-order valence-corrected chi connectivity index (χ0v) is 21.8. The number of rotatable bonds is 7. The second kappa shape index (κ2) is 9.98. The van der Waals surface area contributed by atoms with E-state index >= 15 is 4.39 Å². The number of ether oxygens (including phenoxy) is 1. The Hall–Kier alpha value is -2.95. The summed E-state index contributed by atoms with van der Waals surface area (Å²) in [6, 6.07) is 5.02. The lowest BCUT2D eigenvalue weighted by atomic mass is 9.90. The summed E-state index contributed by atoms with van der Waals surface area (Å²) >= 11 is 0. The number of aromatic nitrogens is 2. The Morgan fingerprint density at radius 2 is 1.87 bits per heavy atom. The maximum atomic E-state index is 15.5. The van der Waals surface area contributed by atoms with E-state index in [9.17, 15) is 19.0 Å². The number of aliphatic hydroxyl groups is 2. The maximum absolute atomic E-state index is 15.5. The molecule has 38 heavy (non-hydrogen) atoms. The van der Waals surface area contributed by atoms with Gasteiger partial charge in [0, 0.05) is 29.7 Å². The van der Waals surface area contributed by atoms with Crippen LogP contribution in [0.15, 0.2) is 24.3 Å². The zero-order valence-electron chi connectivity index (χ0n) is 21.8. The highest BCUT2D eigenvalue weighted by molar-refractivity contribution is 5.96. The molecule has 1 aliphatic heterocycles. The number of hydrogen-bond donors (Lipinski definition) is 3. The predicted octanol–water partition coefficient (Wildman–Crippen LogP) is 4.41. The monoisotopic (exact) mass is 530 g/mol. The molecule has 3 aromatic rings. The normalized spacial score (nSPS) is 18.4. The van der Waals surface area contributed by atoms with Crippen molar-refractivity contribution in [3.63, 3.8) is 0 Å². The van der Waals surface area contributed by atoms with E-state index in [1.165, 1.54) is 23.3 Å². The van der Waals surface area contributed by atoms with Gasteiger partial charge in [-0.3, -0.25) is 0 Å². The highest BCUT2D eigenvalue weighted by atomic mass is 19.3. The number of fused-ring (bicyclic) bond motifs is 3. The lowest BCUT2D eigenvalue weighted by Crippen LogP contribution is -2.47. The van der Waals surface area contributed by atoms with Gasteiger partial charge in [-0.25, -0.2) is 14.4 Å². The van der Waals surface area contributed by atoms with E-state index in [0.717, 1.165) is 61.9 Å². The average molecular weight is 531 g/mol. The second-order valence-corrected chi connectivity index (χ2v) is 10.4. The molecule has 1 aliphatic carbocycles. The number of halogens is 3. The second-order valence-electron chi connectivity index (χ2n) is 10.4. The third kappa shape index (κ3) is 4.48. The molecule has 1 aromatic heterocycles. The smallest absolute Gasteiger partial charge is 0.306 e. The van der Waals surface area contributed by atoms with Gasteiger partial charge in [-0.05, 0) is 63.3 Å². The summed E-state index contributed by atoms with van der Waals surface area (Å²) in [5.41, 5.74) is 0.692. The van der Waals surface area contributed by atoms with Gasteiger partial charge < -0.3 is 25.2 Å². The molecule has 1 unspecified atom stereocenters. The fourth-order valence-corrected chi connectivity index (χ4v) is 5.45. The number of alkyl halides is 2. The first-order chi connectivity index (χ1) is 18.0. The van der Waals surface area contributed by atoms with E-state index < -0.39 is 35.6 Å². The van der Waals surface area contributed by atoms with Gasteiger partial charge in [-0.2, -0.15) is 8.78 Å². The molecule has 10 heteroatoms. The van der Waals surface area contributed by atoms with Crippen molar-refractivity contribution in [2.24, 2.45) is 0 Å². The Bertz CT molecular complexity index is 1360. The maximum Gasteiger partial charge on any atom is 0.306 e. The van der Waals surface area contributed by atoms with Crippen LogP contribution in [-0.2, 0) is 23.5 Å². The predicted molar refractivity (Wildman–Crippen MR) is 139 cm³/mol. The van der Waals surface area contributed by atoms with Crippen molar-refractivity contribution < 1.29 is 28.1 Å². The first-order valence-corrected chi connectivity index (χ1v) is 13.0. The van der Waals surface area contributed by atoms with Crippen molar-refractivity contribution in [1.29, 1.82) is 0 Å². The van der Waals surface area contributed by atoms with E-state index in [0.29, 0.717) is 24.9 Å². The molecular weight excluding hydrogens is 497 g/mol. The lowest BCUT2D eigenvalue weighted by molar-refractivity contribution is -0.197. The average Bonchev–Trinajstić information content (AvgIpc) is 3.39. The molecule has 2 aromatic carbocycles. The van der Waals surface area contributed by atoms with Gasteiger partial charge in [0.05, 0.1) is 36.9 Å². The van der Waals surface area contributed by atoms with E-state index in [-0.39, 0.29) is 5.56 Å². The zero-order chi connectivity index (χ0) is 27.2. The molecule has 0 saturated carbocycles. The number of aryl methyl sites for hydroxylation is 2. The van der Waals surface area contributed by atoms with Crippen molar-refractivity contribution in [2.75, 3.05) is 43.1 Å². The highest BCUT2D eigenvalue weighted by Crippen LogP contribution is 2.42. The molecule has 0 radical (unpaired) electrons. The summed E-state index contributed by atoms with van der Waals surface area (Å²) in [5, 5.41) is 23.4. The Labute approximate surface area is 219 Å². The Morgan fingerprint density at radius 3 is 2.58 bits per heavy atom. The summed E-state index contributed by atoms with van der Waals surface area (Å²) in [4.78, 5) is 11.7. The third-order valence-electron chi connectivity index (χ3n) is 7.67. The van der Waals surface area contributed by atoms with E-state index in [1.807, 2.05) is 0 Å². The molecule has 0 spiro atoms. The van der Waals surface area contributed by atoms with Crippen molar-refractivity contribution in [2.45, 2.75) is 57.6 Å². The van der Waals surface area contributed by atoms with Gasteiger partial charge >= 0.3 is 5.92 Å².